The minimum Gasteiger partial charge on any atom is -0.449 e. The lowest BCUT2D eigenvalue weighted by molar-refractivity contribution is 0.101. The zero-order valence-electron chi connectivity index (χ0n) is 8.39. The molecule has 0 unspecified atom stereocenters. The average molecular weight is 203 g/mol. The first-order valence-corrected chi connectivity index (χ1v) is 4.43. The van der Waals surface area contributed by atoms with E-state index in [1.54, 1.807) is 13.0 Å². The van der Waals surface area contributed by atoms with E-state index in [1.165, 1.54) is 19.4 Å². The molecule has 76 valence electrons. The summed E-state index contributed by atoms with van der Waals surface area (Å²) in [7, 11) is 0. The van der Waals surface area contributed by atoms with Gasteiger partial charge in [-0.1, -0.05) is 0 Å². The number of hydrogen-bond donors (Lipinski definition) is 0. The highest BCUT2D eigenvalue weighted by molar-refractivity contribution is 5.92. The highest BCUT2D eigenvalue weighted by Gasteiger charge is 2.08. The number of carbonyl (C=O) groups excluding carboxylic acids is 1. The molecule has 2 aromatic rings. The first-order valence-electron chi connectivity index (χ1n) is 4.43. The molecule has 0 aliphatic rings. The van der Waals surface area contributed by atoms with Crippen LogP contribution in [0, 0.1) is 6.92 Å². The van der Waals surface area contributed by atoms with Gasteiger partial charge in [-0.25, -0.2) is 15.0 Å². The Bertz CT molecular complexity index is 505. The minimum absolute atomic E-state index is 0.0983. The second kappa shape index (κ2) is 3.61. The topological polar surface area (TPSA) is 68.9 Å². The first kappa shape index (κ1) is 9.51. The Balaban J connectivity index is 2.45. The Morgan fingerprint density at radius 3 is 2.80 bits per heavy atom. The molecule has 0 aliphatic carbocycles. The van der Waals surface area contributed by atoms with Gasteiger partial charge in [-0.3, -0.25) is 4.79 Å². The molecule has 0 aromatic carbocycles. The number of Topliss-reactive ketones (excluding diaryl/α,β-unsaturated/α-hetero) is 1. The summed E-state index contributed by atoms with van der Waals surface area (Å²) in [6, 6.07) is 1.57. The van der Waals surface area contributed by atoms with Gasteiger partial charge in [-0.15, -0.1) is 0 Å². The van der Waals surface area contributed by atoms with Crippen LogP contribution in [0.1, 0.15) is 23.3 Å². The van der Waals surface area contributed by atoms with Gasteiger partial charge in [-0.2, -0.15) is 0 Å². The molecule has 0 N–H and O–H groups in total. The van der Waals surface area contributed by atoms with Gasteiger partial charge >= 0.3 is 0 Å². The van der Waals surface area contributed by atoms with Crippen LogP contribution in [-0.2, 0) is 0 Å². The van der Waals surface area contributed by atoms with Gasteiger partial charge in [0.15, 0.2) is 17.5 Å². The Morgan fingerprint density at radius 2 is 2.20 bits per heavy atom. The SMILES string of the molecule is CC(=O)c1ccnc(-c2coc(C)n2)n1. The third kappa shape index (κ3) is 1.90. The van der Waals surface area contributed by atoms with E-state index in [-0.39, 0.29) is 5.78 Å². The van der Waals surface area contributed by atoms with Crippen molar-refractivity contribution < 1.29 is 9.21 Å². The molecule has 0 atom stereocenters. The molecule has 2 heterocycles. The van der Waals surface area contributed by atoms with E-state index in [1.807, 2.05) is 0 Å². The maximum Gasteiger partial charge on any atom is 0.191 e. The van der Waals surface area contributed by atoms with Crippen LogP contribution in [0.15, 0.2) is 22.9 Å². The quantitative estimate of drug-likeness (QED) is 0.694. The molecule has 0 fully saturated rings. The van der Waals surface area contributed by atoms with Crippen LogP contribution in [0.4, 0.5) is 0 Å². The summed E-state index contributed by atoms with van der Waals surface area (Å²) in [4.78, 5) is 23.3. The van der Waals surface area contributed by atoms with Gasteiger partial charge in [0, 0.05) is 20.0 Å². The van der Waals surface area contributed by atoms with Gasteiger partial charge in [0.2, 0.25) is 0 Å². The van der Waals surface area contributed by atoms with Crippen LogP contribution in [0.25, 0.3) is 11.5 Å². The zero-order valence-corrected chi connectivity index (χ0v) is 8.39. The standard InChI is InChI=1S/C10H9N3O2/c1-6(14)8-3-4-11-10(13-8)9-5-15-7(2)12-9/h3-5H,1-2H3. The molecule has 15 heavy (non-hydrogen) atoms. The van der Waals surface area contributed by atoms with E-state index in [0.717, 1.165) is 0 Å². The largest absolute Gasteiger partial charge is 0.449 e. The average Bonchev–Trinajstić information content (AvgIpc) is 2.65. The summed E-state index contributed by atoms with van der Waals surface area (Å²) >= 11 is 0. The van der Waals surface area contributed by atoms with Gasteiger partial charge in [0.05, 0.1) is 0 Å². The summed E-state index contributed by atoms with van der Waals surface area (Å²) < 4.78 is 5.04. The summed E-state index contributed by atoms with van der Waals surface area (Å²) in [6.07, 6.45) is 3.00. The highest BCUT2D eigenvalue weighted by atomic mass is 16.3. The fourth-order valence-electron chi connectivity index (χ4n) is 1.14. The second-order valence-corrected chi connectivity index (χ2v) is 3.07. The lowest BCUT2D eigenvalue weighted by Crippen LogP contribution is -1.99. The first-order chi connectivity index (χ1) is 7.16. The van der Waals surface area contributed by atoms with Gasteiger partial charge in [0.1, 0.15) is 17.7 Å². The van der Waals surface area contributed by atoms with Crippen LogP contribution < -0.4 is 0 Å². The Morgan fingerprint density at radius 1 is 1.40 bits per heavy atom. The number of hydrogen-bond acceptors (Lipinski definition) is 5. The van der Waals surface area contributed by atoms with Crippen molar-refractivity contribution in [3.63, 3.8) is 0 Å². The third-order valence-corrected chi connectivity index (χ3v) is 1.86. The fraction of sp³-hybridized carbons (Fsp3) is 0.200. The van der Waals surface area contributed by atoms with E-state index < -0.39 is 0 Å². The zero-order chi connectivity index (χ0) is 10.8. The van der Waals surface area contributed by atoms with E-state index in [9.17, 15) is 4.79 Å². The number of carbonyl (C=O) groups is 1. The van der Waals surface area contributed by atoms with Crippen molar-refractivity contribution >= 4 is 5.78 Å². The van der Waals surface area contributed by atoms with Crippen molar-refractivity contribution in [2.75, 3.05) is 0 Å². The van der Waals surface area contributed by atoms with Gasteiger partial charge in [-0.05, 0) is 6.07 Å². The van der Waals surface area contributed by atoms with Crippen molar-refractivity contribution in [2.24, 2.45) is 0 Å². The summed E-state index contributed by atoms with van der Waals surface area (Å²) in [5.41, 5.74) is 0.913. The summed E-state index contributed by atoms with van der Waals surface area (Å²) in [5, 5.41) is 0. The Hall–Kier alpha value is -2.04. The van der Waals surface area contributed by atoms with Crippen molar-refractivity contribution in [3.8, 4) is 11.5 Å². The normalized spacial score (nSPS) is 10.3. The predicted molar refractivity (Wildman–Crippen MR) is 52.3 cm³/mol. The minimum atomic E-state index is -0.0983. The number of nitrogens with zero attached hydrogens (tertiary/aromatic N) is 3. The van der Waals surface area contributed by atoms with Gasteiger partial charge < -0.3 is 4.42 Å². The molecule has 0 radical (unpaired) electrons. The number of oxazole rings is 1. The molecule has 2 rings (SSSR count). The van der Waals surface area contributed by atoms with E-state index in [4.69, 9.17) is 4.42 Å². The molecule has 0 saturated carbocycles. The molecule has 5 heteroatoms. The van der Waals surface area contributed by atoms with Crippen LogP contribution in [0.3, 0.4) is 0 Å². The molecule has 0 bridgehead atoms. The molecular formula is C10H9N3O2. The smallest absolute Gasteiger partial charge is 0.191 e. The molecule has 0 aliphatic heterocycles. The van der Waals surface area contributed by atoms with Crippen LogP contribution >= 0.6 is 0 Å². The number of ketones is 1. The van der Waals surface area contributed by atoms with Crippen molar-refractivity contribution in [3.05, 3.63) is 30.1 Å². The van der Waals surface area contributed by atoms with Gasteiger partial charge in [0.25, 0.3) is 0 Å². The lowest BCUT2D eigenvalue weighted by Gasteiger charge is -1.96. The fourth-order valence-corrected chi connectivity index (χ4v) is 1.14. The van der Waals surface area contributed by atoms with E-state index in [2.05, 4.69) is 15.0 Å². The van der Waals surface area contributed by atoms with Crippen LogP contribution in [-0.4, -0.2) is 20.7 Å². The monoisotopic (exact) mass is 203 g/mol. The molecule has 2 aromatic heterocycles. The molecule has 0 saturated heterocycles. The number of aryl methyl sites for hydroxylation is 1. The molecule has 5 nitrogen and oxygen atoms in total. The van der Waals surface area contributed by atoms with Crippen molar-refractivity contribution in [1.82, 2.24) is 15.0 Å². The van der Waals surface area contributed by atoms with Crippen molar-refractivity contribution in [2.45, 2.75) is 13.8 Å². The van der Waals surface area contributed by atoms with Crippen molar-refractivity contribution in [1.29, 1.82) is 0 Å². The highest BCUT2D eigenvalue weighted by Crippen LogP contribution is 2.13. The molecular weight excluding hydrogens is 194 g/mol. The number of rotatable bonds is 2. The summed E-state index contributed by atoms with van der Waals surface area (Å²) in [5.74, 6) is 0.847. The summed E-state index contributed by atoms with van der Waals surface area (Å²) in [6.45, 7) is 3.19. The lowest BCUT2D eigenvalue weighted by atomic mass is 10.3. The molecule has 0 spiro atoms. The maximum absolute atomic E-state index is 11.1. The molecule has 0 amide bonds. The van der Waals surface area contributed by atoms with E-state index >= 15 is 0 Å². The Kier molecular flexibility index (Phi) is 2.29. The van der Waals surface area contributed by atoms with E-state index in [0.29, 0.717) is 23.1 Å². The van der Waals surface area contributed by atoms with Crippen LogP contribution in [0.2, 0.25) is 0 Å². The predicted octanol–water partition coefficient (Wildman–Crippen LogP) is 1.64. The maximum atomic E-state index is 11.1. The Labute approximate surface area is 86.2 Å². The number of aromatic nitrogens is 3. The van der Waals surface area contributed by atoms with Crippen LogP contribution in [0.5, 0.6) is 0 Å². The third-order valence-electron chi connectivity index (χ3n) is 1.86. The second-order valence-electron chi connectivity index (χ2n) is 3.07.